The molecule has 1 aliphatic rings. The van der Waals surface area contributed by atoms with Gasteiger partial charge in [-0.05, 0) is 48.0 Å². The number of alkyl halides is 3. The number of amides is 3. The molecule has 3 amide bonds. The van der Waals surface area contributed by atoms with Crippen molar-refractivity contribution in [2.75, 3.05) is 13.1 Å². The van der Waals surface area contributed by atoms with Crippen molar-refractivity contribution >= 4 is 34.9 Å². The van der Waals surface area contributed by atoms with E-state index in [1.807, 2.05) is 0 Å². The molecule has 32 heavy (non-hydrogen) atoms. The summed E-state index contributed by atoms with van der Waals surface area (Å²) in [4.78, 5) is 37.6. The molecule has 1 N–H and O–H groups in total. The maximum Gasteiger partial charge on any atom is 0.416 e. The van der Waals surface area contributed by atoms with Crippen LogP contribution >= 0.6 is 11.8 Å². The fourth-order valence-corrected chi connectivity index (χ4v) is 3.80. The lowest BCUT2D eigenvalue weighted by atomic mass is 10.1. The number of carbonyl (C=O) groups excluding carboxylic acids is 3. The van der Waals surface area contributed by atoms with Gasteiger partial charge in [-0.2, -0.15) is 13.2 Å². The van der Waals surface area contributed by atoms with Gasteiger partial charge in [-0.3, -0.25) is 19.3 Å². The summed E-state index contributed by atoms with van der Waals surface area (Å²) in [6.45, 7) is -0.0256. The Labute approximate surface area is 185 Å². The van der Waals surface area contributed by atoms with E-state index in [-0.39, 0.29) is 42.3 Å². The quantitative estimate of drug-likeness (QED) is 0.477. The zero-order chi connectivity index (χ0) is 23.3. The second-order valence-corrected chi connectivity index (χ2v) is 7.89. The molecule has 0 aromatic heterocycles. The molecule has 1 aliphatic heterocycles. The Morgan fingerprint density at radius 2 is 1.75 bits per heavy atom. The zero-order valence-corrected chi connectivity index (χ0v) is 17.4. The highest BCUT2D eigenvalue weighted by Gasteiger charge is 2.34. The Kier molecular flexibility index (Phi) is 7.34. The van der Waals surface area contributed by atoms with E-state index in [9.17, 15) is 31.9 Å². The van der Waals surface area contributed by atoms with Crippen molar-refractivity contribution in [3.05, 3.63) is 75.9 Å². The number of aryl methyl sites for hydroxylation is 1. The molecular weight excluding hydrogens is 448 g/mol. The van der Waals surface area contributed by atoms with Crippen LogP contribution < -0.4 is 5.32 Å². The average molecular weight is 466 g/mol. The predicted octanol–water partition coefficient (Wildman–Crippen LogP) is 4.63. The number of hydrogen-bond donors (Lipinski definition) is 1. The molecule has 0 atom stereocenters. The van der Waals surface area contributed by atoms with Crippen molar-refractivity contribution in [1.29, 1.82) is 0 Å². The molecule has 2 aromatic rings. The number of carbonyl (C=O) groups is 3. The summed E-state index contributed by atoms with van der Waals surface area (Å²) in [5, 5.41) is 2.06. The first-order valence-corrected chi connectivity index (χ1v) is 10.4. The van der Waals surface area contributed by atoms with Crippen LogP contribution in [0.2, 0.25) is 0 Å². The van der Waals surface area contributed by atoms with Crippen molar-refractivity contribution in [2.24, 2.45) is 0 Å². The Bertz CT molecular complexity index is 1050. The Balaban J connectivity index is 1.46. The molecule has 1 fully saturated rings. The first-order valence-electron chi connectivity index (χ1n) is 9.58. The van der Waals surface area contributed by atoms with Crippen LogP contribution in [0.1, 0.15) is 23.1 Å². The van der Waals surface area contributed by atoms with Crippen LogP contribution in [0.3, 0.4) is 0 Å². The van der Waals surface area contributed by atoms with Crippen molar-refractivity contribution < 1.29 is 31.9 Å². The molecule has 0 aliphatic carbocycles. The van der Waals surface area contributed by atoms with Gasteiger partial charge in [0.1, 0.15) is 5.82 Å². The van der Waals surface area contributed by atoms with E-state index in [1.54, 1.807) is 6.07 Å². The van der Waals surface area contributed by atoms with Gasteiger partial charge in [-0.1, -0.05) is 30.3 Å². The molecule has 5 nitrogen and oxygen atoms in total. The van der Waals surface area contributed by atoms with Crippen molar-refractivity contribution in [3.8, 4) is 0 Å². The summed E-state index contributed by atoms with van der Waals surface area (Å²) in [5.74, 6) is -1.44. The number of thioether (sulfide) groups is 1. The summed E-state index contributed by atoms with van der Waals surface area (Å²) in [7, 11) is 0. The number of nitrogens with zero attached hydrogens (tertiary/aromatic N) is 1. The Morgan fingerprint density at radius 3 is 2.41 bits per heavy atom. The monoisotopic (exact) mass is 466 g/mol. The molecule has 1 saturated heterocycles. The topological polar surface area (TPSA) is 66.5 Å². The number of imide groups is 1. The molecule has 2 aromatic carbocycles. The van der Waals surface area contributed by atoms with Crippen LogP contribution in [0.4, 0.5) is 22.4 Å². The summed E-state index contributed by atoms with van der Waals surface area (Å²) in [6, 6.07) is 10.4. The minimum absolute atomic E-state index is 0.0247. The van der Waals surface area contributed by atoms with E-state index in [2.05, 4.69) is 5.32 Å². The maximum absolute atomic E-state index is 13.8. The number of halogens is 4. The molecular formula is C22H18F4N2O3S. The van der Waals surface area contributed by atoms with E-state index in [0.717, 1.165) is 17.0 Å². The third-order valence-corrected chi connectivity index (χ3v) is 5.55. The van der Waals surface area contributed by atoms with Gasteiger partial charge in [0.05, 0.1) is 10.5 Å². The summed E-state index contributed by atoms with van der Waals surface area (Å²) < 4.78 is 51.5. The summed E-state index contributed by atoms with van der Waals surface area (Å²) >= 11 is 0.694. The minimum atomic E-state index is -4.41. The fraction of sp³-hybridized carbons (Fsp3) is 0.227. The van der Waals surface area contributed by atoms with E-state index >= 15 is 0 Å². The zero-order valence-electron chi connectivity index (χ0n) is 16.6. The lowest BCUT2D eigenvalue weighted by Crippen LogP contribution is -2.37. The molecule has 10 heteroatoms. The van der Waals surface area contributed by atoms with E-state index < -0.39 is 28.7 Å². The third kappa shape index (κ3) is 5.97. The number of nitrogens with one attached hydrogen (secondary N) is 1. The predicted molar refractivity (Wildman–Crippen MR) is 112 cm³/mol. The molecule has 0 spiro atoms. The van der Waals surface area contributed by atoms with Crippen molar-refractivity contribution in [3.63, 3.8) is 0 Å². The van der Waals surface area contributed by atoms with Crippen LogP contribution in [0.15, 0.2) is 53.4 Å². The molecule has 168 valence electrons. The maximum atomic E-state index is 13.8. The Hall–Kier alpha value is -3.14. The van der Waals surface area contributed by atoms with Crippen molar-refractivity contribution in [1.82, 2.24) is 10.2 Å². The van der Waals surface area contributed by atoms with Crippen LogP contribution in [0.25, 0.3) is 6.08 Å². The normalized spacial score (nSPS) is 15.5. The third-order valence-electron chi connectivity index (χ3n) is 4.64. The number of rotatable bonds is 7. The molecule has 0 bridgehead atoms. The van der Waals surface area contributed by atoms with Crippen molar-refractivity contribution in [2.45, 2.75) is 19.0 Å². The highest BCUT2D eigenvalue weighted by atomic mass is 32.2. The first-order chi connectivity index (χ1) is 15.1. The van der Waals surface area contributed by atoms with Gasteiger partial charge in [0.15, 0.2) is 0 Å². The van der Waals surface area contributed by atoms with Crippen LogP contribution in [0.5, 0.6) is 0 Å². The first kappa shape index (κ1) is 23.5. The van der Waals surface area contributed by atoms with Crippen LogP contribution in [-0.2, 0) is 22.2 Å². The summed E-state index contributed by atoms with van der Waals surface area (Å²) in [6.07, 6.45) is -2.82. The van der Waals surface area contributed by atoms with Gasteiger partial charge in [0.25, 0.3) is 11.1 Å². The lowest BCUT2D eigenvalue weighted by Gasteiger charge is -2.13. The van der Waals surface area contributed by atoms with Crippen LogP contribution in [-0.4, -0.2) is 35.0 Å². The Morgan fingerprint density at radius 1 is 1.06 bits per heavy atom. The van der Waals surface area contributed by atoms with Gasteiger partial charge in [0.2, 0.25) is 5.91 Å². The lowest BCUT2D eigenvalue weighted by molar-refractivity contribution is -0.137. The average Bonchev–Trinajstić information content (AvgIpc) is 3.01. The number of benzene rings is 2. The van der Waals surface area contributed by atoms with E-state index in [0.29, 0.717) is 17.3 Å². The van der Waals surface area contributed by atoms with Gasteiger partial charge in [-0.15, -0.1) is 0 Å². The highest BCUT2D eigenvalue weighted by molar-refractivity contribution is 8.18. The SMILES string of the molecule is O=C(CCc1ccc(C(F)(F)F)cc1)NCCN1C(=O)SC(=Cc2ccccc2F)C1=O. The second kappa shape index (κ2) is 9.99. The number of hydrogen-bond acceptors (Lipinski definition) is 4. The molecule has 0 radical (unpaired) electrons. The fourth-order valence-electron chi connectivity index (χ4n) is 2.94. The van der Waals surface area contributed by atoms with Gasteiger partial charge in [-0.25, -0.2) is 4.39 Å². The molecule has 1 heterocycles. The van der Waals surface area contributed by atoms with E-state index in [1.165, 1.54) is 36.4 Å². The standard InChI is InChI=1S/C22H18F4N2O3S/c23-17-4-2-1-3-15(17)13-18-20(30)28(21(31)32-18)12-11-27-19(29)10-7-14-5-8-16(9-6-14)22(24,25)26/h1-6,8-9,13H,7,10-12H2,(H,27,29). The smallest absolute Gasteiger partial charge is 0.354 e. The highest BCUT2D eigenvalue weighted by Crippen LogP contribution is 2.32. The molecule has 3 rings (SSSR count). The van der Waals surface area contributed by atoms with Gasteiger partial charge >= 0.3 is 6.18 Å². The van der Waals surface area contributed by atoms with Gasteiger partial charge < -0.3 is 5.32 Å². The summed E-state index contributed by atoms with van der Waals surface area (Å²) in [5.41, 5.74) is 0.0129. The second-order valence-electron chi connectivity index (χ2n) is 6.90. The van der Waals surface area contributed by atoms with Crippen LogP contribution in [0, 0.1) is 5.82 Å². The largest absolute Gasteiger partial charge is 0.416 e. The van der Waals surface area contributed by atoms with Gasteiger partial charge in [0, 0.05) is 25.1 Å². The van der Waals surface area contributed by atoms with E-state index in [4.69, 9.17) is 0 Å². The molecule has 0 unspecified atom stereocenters. The minimum Gasteiger partial charge on any atom is -0.354 e. The molecule has 0 saturated carbocycles.